The molecule has 1 aliphatic heterocycles. The quantitative estimate of drug-likeness (QED) is 0.693. The van der Waals surface area contributed by atoms with Crippen LogP contribution in [0.25, 0.3) is 0 Å². The van der Waals surface area contributed by atoms with Crippen molar-refractivity contribution in [1.82, 2.24) is 0 Å². The average molecular weight is 202 g/mol. The van der Waals surface area contributed by atoms with Crippen LogP contribution in [0.1, 0.15) is 32.1 Å². The van der Waals surface area contributed by atoms with Crippen molar-refractivity contribution in [3.63, 3.8) is 0 Å². The average Bonchev–Trinajstić information content (AvgIpc) is 2.23. The Morgan fingerprint density at radius 3 is 2.54 bits per heavy atom. The maximum absolute atomic E-state index is 9.86. The van der Waals surface area contributed by atoms with Crippen molar-refractivity contribution in [2.45, 2.75) is 48.7 Å². The molecule has 2 nitrogen and oxygen atoms in total. The van der Waals surface area contributed by atoms with Gasteiger partial charge >= 0.3 is 0 Å². The molecule has 13 heavy (non-hydrogen) atoms. The molecule has 2 atom stereocenters. The Morgan fingerprint density at radius 1 is 1.08 bits per heavy atom. The lowest BCUT2D eigenvalue weighted by Gasteiger charge is -2.30. The molecule has 1 aliphatic carbocycles. The van der Waals surface area contributed by atoms with Crippen LogP contribution < -0.4 is 0 Å². The second-order valence-corrected chi connectivity index (χ2v) is 5.58. The summed E-state index contributed by atoms with van der Waals surface area (Å²) in [5.74, 6) is 0. The Morgan fingerprint density at radius 2 is 1.85 bits per heavy atom. The van der Waals surface area contributed by atoms with Gasteiger partial charge in [0.05, 0.1) is 24.6 Å². The molecule has 2 rings (SSSR count). The smallest absolute Gasteiger partial charge is 0.0658 e. The molecule has 1 saturated carbocycles. The minimum absolute atomic E-state index is 0.0619. The van der Waals surface area contributed by atoms with Crippen LogP contribution in [0.2, 0.25) is 0 Å². The highest BCUT2D eigenvalue weighted by Gasteiger charge is 2.28. The fourth-order valence-corrected chi connectivity index (χ4v) is 3.42. The number of thioether (sulfide) groups is 1. The third kappa shape index (κ3) is 2.61. The number of ether oxygens (including phenoxy) is 1. The number of hydrogen-bond donors (Lipinski definition) is 1. The predicted molar refractivity (Wildman–Crippen MR) is 55.1 cm³/mol. The summed E-state index contributed by atoms with van der Waals surface area (Å²) in [4.78, 5) is 0. The summed E-state index contributed by atoms with van der Waals surface area (Å²) in [6.45, 7) is 1.79. The van der Waals surface area contributed by atoms with Crippen molar-refractivity contribution in [2.24, 2.45) is 0 Å². The monoisotopic (exact) mass is 202 g/mol. The van der Waals surface area contributed by atoms with Gasteiger partial charge < -0.3 is 9.84 Å². The normalized spacial score (nSPS) is 36.7. The first-order valence-corrected chi connectivity index (χ1v) is 6.22. The molecule has 0 aromatic heterocycles. The topological polar surface area (TPSA) is 29.5 Å². The van der Waals surface area contributed by atoms with Crippen LogP contribution in [0.15, 0.2) is 0 Å². The van der Waals surface area contributed by atoms with Gasteiger partial charge in [-0.2, -0.15) is 0 Å². The maximum atomic E-state index is 9.86. The first-order chi connectivity index (χ1) is 6.36. The lowest BCUT2D eigenvalue weighted by atomic mass is 10.1. The largest absolute Gasteiger partial charge is 0.392 e. The fourth-order valence-electron chi connectivity index (χ4n) is 1.95. The van der Waals surface area contributed by atoms with Crippen molar-refractivity contribution in [3.05, 3.63) is 0 Å². The van der Waals surface area contributed by atoms with Crippen LogP contribution >= 0.6 is 11.8 Å². The summed E-state index contributed by atoms with van der Waals surface area (Å²) in [7, 11) is 0. The van der Waals surface area contributed by atoms with E-state index in [0.29, 0.717) is 10.5 Å². The van der Waals surface area contributed by atoms with E-state index >= 15 is 0 Å². The first-order valence-electron chi connectivity index (χ1n) is 5.27. The standard InChI is InChI=1S/C10H18O2S/c11-9-4-2-1-3-5-10(9)13-8-6-12-7-8/h8-11H,1-7H2. The minimum Gasteiger partial charge on any atom is -0.392 e. The molecule has 0 aromatic carbocycles. The summed E-state index contributed by atoms with van der Waals surface area (Å²) >= 11 is 1.95. The summed E-state index contributed by atoms with van der Waals surface area (Å²) < 4.78 is 5.14. The second-order valence-electron chi connectivity index (χ2n) is 4.04. The van der Waals surface area contributed by atoms with Crippen LogP contribution in [0.5, 0.6) is 0 Å². The van der Waals surface area contributed by atoms with Gasteiger partial charge in [0.25, 0.3) is 0 Å². The molecule has 1 saturated heterocycles. The van der Waals surface area contributed by atoms with Crippen molar-refractivity contribution in [1.29, 1.82) is 0 Å². The van der Waals surface area contributed by atoms with E-state index in [2.05, 4.69) is 0 Å². The molecule has 2 unspecified atom stereocenters. The highest BCUT2D eigenvalue weighted by atomic mass is 32.2. The first kappa shape index (κ1) is 9.81. The number of hydrogen-bond acceptors (Lipinski definition) is 3. The second kappa shape index (κ2) is 4.67. The molecule has 0 amide bonds. The number of rotatable bonds is 2. The lowest BCUT2D eigenvalue weighted by Crippen LogP contribution is -2.35. The van der Waals surface area contributed by atoms with E-state index in [1.807, 2.05) is 11.8 Å². The Bertz CT molecular complexity index is 159. The predicted octanol–water partition coefficient (Wildman–Crippen LogP) is 1.81. The van der Waals surface area contributed by atoms with Gasteiger partial charge in [0, 0.05) is 5.25 Å². The fraction of sp³-hybridized carbons (Fsp3) is 1.00. The molecule has 2 fully saturated rings. The Labute approximate surface area is 84.0 Å². The van der Waals surface area contributed by atoms with Crippen molar-refractivity contribution < 1.29 is 9.84 Å². The number of aliphatic hydroxyl groups excluding tert-OH is 1. The minimum atomic E-state index is -0.0619. The molecule has 2 aliphatic rings. The zero-order valence-electron chi connectivity index (χ0n) is 7.95. The van der Waals surface area contributed by atoms with Crippen molar-refractivity contribution in [3.8, 4) is 0 Å². The van der Waals surface area contributed by atoms with Crippen LogP contribution in [-0.4, -0.2) is 34.9 Å². The van der Waals surface area contributed by atoms with Crippen molar-refractivity contribution >= 4 is 11.8 Å². The molecule has 1 N–H and O–H groups in total. The van der Waals surface area contributed by atoms with E-state index in [1.54, 1.807) is 0 Å². The summed E-state index contributed by atoms with van der Waals surface area (Å²) in [6, 6.07) is 0. The van der Waals surface area contributed by atoms with Gasteiger partial charge in [-0.3, -0.25) is 0 Å². The molecular weight excluding hydrogens is 184 g/mol. The highest BCUT2D eigenvalue weighted by molar-refractivity contribution is 8.00. The van der Waals surface area contributed by atoms with Crippen LogP contribution in [0, 0.1) is 0 Å². The Balaban J connectivity index is 1.79. The van der Waals surface area contributed by atoms with Gasteiger partial charge in [-0.05, 0) is 12.8 Å². The molecule has 0 bridgehead atoms. The van der Waals surface area contributed by atoms with Crippen LogP contribution in [-0.2, 0) is 4.74 Å². The third-order valence-corrected chi connectivity index (χ3v) is 4.45. The van der Waals surface area contributed by atoms with Crippen LogP contribution in [0.3, 0.4) is 0 Å². The van der Waals surface area contributed by atoms with Gasteiger partial charge in [-0.25, -0.2) is 0 Å². The van der Waals surface area contributed by atoms with E-state index in [-0.39, 0.29) is 6.10 Å². The summed E-state index contributed by atoms with van der Waals surface area (Å²) in [5.41, 5.74) is 0. The summed E-state index contributed by atoms with van der Waals surface area (Å²) in [6.07, 6.45) is 5.94. The van der Waals surface area contributed by atoms with Gasteiger partial charge in [0.2, 0.25) is 0 Å². The number of aliphatic hydroxyl groups is 1. The van der Waals surface area contributed by atoms with Crippen LogP contribution in [0.4, 0.5) is 0 Å². The molecule has 0 aromatic rings. The molecular formula is C10H18O2S. The van der Waals surface area contributed by atoms with E-state index in [9.17, 15) is 5.11 Å². The molecule has 1 heterocycles. The molecule has 76 valence electrons. The summed E-state index contributed by atoms with van der Waals surface area (Å²) in [5, 5.41) is 11.0. The third-order valence-electron chi connectivity index (χ3n) is 2.89. The van der Waals surface area contributed by atoms with Crippen molar-refractivity contribution in [2.75, 3.05) is 13.2 Å². The molecule has 3 heteroatoms. The van der Waals surface area contributed by atoms with Gasteiger partial charge in [-0.15, -0.1) is 11.8 Å². The molecule has 0 radical (unpaired) electrons. The Hall–Kier alpha value is 0.270. The Kier molecular flexibility index (Phi) is 3.52. The van der Waals surface area contributed by atoms with E-state index in [0.717, 1.165) is 19.6 Å². The van der Waals surface area contributed by atoms with Gasteiger partial charge in [0.15, 0.2) is 0 Å². The maximum Gasteiger partial charge on any atom is 0.0658 e. The lowest BCUT2D eigenvalue weighted by molar-refractivity contribution is 0.0446. The van der Waals surface area contributed by atoms with E-state index < -0.39 is 0 Å². The molecule has 0 spiro atoms. The zero-order chi connectivity index (χ0) is 9.10. The van der Waals surface area contributed by atoms with E-state index in [1.165, 1.54) is 25.7 Å². The SMILES string of the molecule is OC1CCCCCC1SC1COC1. The van der Waals surface area contributed by atoms with Gasteiger partial charge in [-0.1, -0.05) is 19.3 Å². The van der Waals surface area contributed by atoms with E-state index in [4.69, 9.17) is 4.74 Å². The van der Waals surface area contributed by atoms with Gasteiger partial charge in [0.1, 0.15) is 0 Å². The zero-order valence-corrected chi connectivity index (χ0v) is 8.76. The highest BCUT2D eigenvalue weighted by Crippen LogP contribution is 2.32.